The standard InChI is InChI=1S/C19H22ClN7O3/c20-14-3-1-2-13(12-14)18-22-17(30-26-18)4-8-21-19(28)24-23-16-5-9-27(25-16)15-6-10-29-11-7-15/h1-3,5,9,12,15H,4,6-8,10-11H2,(H,23,25)(H2,21,24,28). The van der Waals surface area contributed by atoms with Gasteiger partial charge in [-0.3, -0.25) is 15.5 Å². The van der Waals surface area contributed by atoms with Crippen LogP contribution in [0.15, 0.2) is 41.1 Å². The molecule has 4 rings (SSSR count). The molecule has 0 unspecified atom stereocenters. The van der Waals surface area contributed by atoms with Crippen molar-refractivity contribution in [1.82, 2.24) is 30.7 Å². The van der Waals surface area contributed by atoms with Crippen molar-refractivity contribution in [2.75, 3.05) is 25.2 Å². The van der Waals surface area contributed by atoms with Gasteiger partial charge in [0.2, 0.25) is 11.7 Å². The van der Waals surface area contributed by atoms with Gasteiger partial charge >= 0.3 is 6.03 Å². The van der Waals surface area contributed by atoms with Crippen molar-refractivity contribution in [3.05, 3.63) is 47.4 Å². The topological polar surface area (TPSA) is 119 Å². The minimum Gasteiger partial charge on any atom is -0.381 e. The second-order valence-electron chi connectivity index (χ2n) is 6.80. The van der Waals surface area contributed by atoms with Gasteiger partial charge in [0.1, 0.15) is 0 Å². The van der Waals surface area contributed by atoms with Gasteiger partial charge in [-0.2, -0.15) is 10.1 Å². The Hall–Kier alpha value is -3.11. The minimum absolute atomic E-state index is 0.328. The number of anilines is 1. The van der Waals surface area contributed by atoms with E-state index in [4.69, 9.17) is 20.9 Å². The van der Waals surface area contributed by atoms with Crippen LogP contribution in [0.2, 0.25) is 5.02 Å². The van der Waals surface area contributed by atoms with Gasteiger partial charge in [-0.1, -0.05) is 28.9 Å². The average Bonchev–Trinajstić information content (AvgIpc) is 3.43. The fraction of sp³-hybridized carbons (Fsp3) is 0.368. The molecule has 0 saturated carbocycles. The second-order valence-corrected chi connectivity index (χ2v) is 7.24. The van der Waals surface area contributed by atoms with Crippen molar-refractivity contribution in [2.24, 2.45) is 0 Å². The van der Waals surface area contributed by atoms with E-state index >= 15 is 0 Å². The van der Waals surface area contributed by atoms with Crippen LogP contribution in [0.1, 0.15) is 24.8 Å². The zero-order chi connectivity index (χ0) is 20.8. The third-order valence-corrected chi connectivity index (χ3v) is 4.89. The predicted molar refractivity (Wildman–Crippen MR) is 110 cm³/mol. The van der Waals surface area contributed by atoms with Crippen molar-refractivity contribution < 1.29 is 14.1 Å². The summed E-state index contributed by atoms with van der Waals surface area (Å²) >= 11 is 5.98. The quantitative estimate of drug-likeness (QED) is 0.492. The number of ether oxygens (including phenoxy) is 1. The zero-order valence-corrected chi connectivity index (χ0v) is 16.9. The first-order valence-electron chi connectivity index (χ1n) is 9.68. The number of nitrogens with one attached hydrogen (secondary N) is 3. The van der Waals surface area contributed by atoms with Crippen LogP contribution < -0.4 is 16.2 Å². The van der Waals surface area contributed by atoms with Crippen molar-refractivity contribution in [2.45, 2.75) is 25.3 Å². The van der Waals surface area contributed by atoms with Gasteiger partial charge in [-0.05, 0) is 25.0 Å². The fourth-order valence-electron chi connectivity index (χ4n) is 3.11. The third kappa shape index (κ3) is 5.28. The highest BCUT2D eigenvalue weighted by Crippen LogP contribution is 2.21. The van der Waals surface area contributed by atoms with Crippen LogP contribution in [0.3, 0.4) is 0 Å². The first-order chi connectivity index (χ1) is 14.7. The molecule has 0 atom stereocenters. The summed E-state index contributed by atoms with van der Waals surface area (Å²) in [6.07, 6.45) is 4.16. The molecule has 1 fully saturated rings. The number of urea groups is 1. The molecular formula is C19H22ClN7O3. The summed E-state index contributed by atoms with van der Waals surface area (Å²) in [5, 5.41) is 11.7. The highest BCUT2D eigenvalue weighted by Gasteiger charge is 2.16. The number of hydrogen-bond donors (Lipinski definition) is 3. The molecule has 3 heterocycles. The molecule has 3 N–H and O–H groups in total. The lowest BCUT2D eigenvalue weighted by molar-refractivity contribution is 0.0663. The van der Waals surface area contributed by atoms with Crippen LogP contribution in [0.5, 0.6) is 0 Å². The Labute approximate surface area is 177 Å². The third-order valence-electron chi connectivity index (χ3n) is 4.65. The Bertz CT molecular complexity index is 984. The summed E-state index contributed by atoms with van der Waals surface area (Å²) in [6, 6.07) is 8.96. The van der Waals surface area contributed by atoms with E-state index in [-0.39, 0.29) is 6.03 Å². The number of benzene rings is 1. The first-order valence-corrected chi connectivity index (χ1v) is 10.1. The molecule has 10 nitrogen and oxygen atoms in total. The maximum Gasteiger partial charge on any atom is 0.333 e. The SMILES string of the molecule is O=C(NCCc1nc(-c2cccc(Cl)c2)no1)NNc1ccn(C2CCOCC2)n1. The summed E-state index contributed by atoms with van der Waals surface area (Å²) in [6.45, 7) is 1.82. The maximum atomic E-state index is 12.0. The highest BCUT2D eigenvalue weighted by molar-refractivity contribution is 6.30. The van der Waals surface area contributed by atoms with Gasteiger partial charge in [-0.25, -0.2) is 4.79 Å². The smallest absolute Gasteiger partial charge is 0.333 e. The first kappa shape index (κ1) is 20.2. The minimum atomic E-state index is -0.384. The number of hydrazine groups is 1. The number of rotatable bonds is 7. The molecule has 1 saturated heterocycles. The second kappa shape index (κ2) is 9.59. The van der Waals surface area contributed by atoms with E-state index in [2.05, 4.69) is 31.4 Å². The van der Waals surface area contributed by atoms with Crippen LogP contribution in [0.25, 0.3) is 11.4 Å². The predicted octanol–water partition coefficient (Wildman–Crippen LogP) is 2.81. The molecule has 0 spiro atoms. The van der Waals surface area contributed by atoms with Gasteiger partial charge in [-0.15, -0.1) is 0 Å². The maximum absolute atomic E-state index is 12.0. The summed E-state index contributed by atoms with van der Waals surface area (Å²) in [4.78, 5) is 16.3. The van der Waals surface area contributed by atoms with Gasteiger partial charge in [0.05, 0.1) is 6.04 Å². The zero-order valence-electron chi connectivity index (χ0n) is 16.2. The van der Waals surface area contributed by atoms with E-state index in [9.17, 15) is 4.79 Å². The Morgan fingerprint density at radius 2 is 2.13 bits per heavy atom. The molecule has 3 aromatic rings. The van der Waals surface area contributed by atoms with Crippen LogP contribution in [0, 0.1) is 0 Å². The van der Waals surface area contributed by atoms with Gasteiger partial charge in [0.15, 0.2) is 5.82 Å². The number of carbonyl (C=O) groups excluding carboxylic acids is 1. The Kier molecular flexibility index (Phi) is 6.45. The number of halogens is 1. The van der Waals surface area contributed by atoms with E-state index in [0.29, 0.717) is 41.6 Å². The van der Waals surface area contributed by atoms with E-state index < -0.39 is 0 Å². The van der Waals surface area contributed by atoms with Crippen LogP contribution in [-0.4, -0.2) is 45.7 Å². The van der Waals surface area contributed by atoms with E-state index in [1.165, 1.54) is 0 Å². The Morgan fingerprint density at radius 3 is 2.97 bits per heavy atom. The van der Waals surface area contributed by atoms with Gasteiger partial charge in [0.25, 0.3) is 0 Å². The normalized spacial score (nSPS) is 14.4. The van der Waals surface area contributed by atoms with Crippen molar-refractivity contribution in [3.8, 4) is 11.4 Å². The van der Waals surface area contributed by atoms with E-state index in [0.717, 1.165) is 31.6 Å². The number of hydrogen-bond acceptors (Lipinski definition) is 7. The van der Waals surface area contributed by atoms with Crippen LogP contribution >= 0.6 is 11.6 Å². The lowest BCUT2D eigenvalue weighted by atomic mass is 10.1. The summed E-state index contributed by atoms with van der Waals surface area (Å²) < 4.78 is 12.5. The molecule has 1 aliphatic rings. The van der Waals surface area contributed by atoms with Crippen molar-refractivity contribution in [1.29, 1.82) is 0 Å². The molecular weight excluding hydrogens is 410 g/mol. The molecule has 1 aliphatic heterocycles. The molecule has 2 amide bonds. The molecule has 158 valence electrons. The van der Waals surface area contributed by atoms with Crippen LogP contribution in [0.4, 0.5) is 10.6 Å². The molecule has 0 aliphatic carbocycles. The molecule has 2 aromatic heterocycles. The molecule has 0 radical (unpaired) electrons. The average molecular weight is 432 g/mol. The summed E-state index contributed by atoms with van der Waals surface area (Å²) in [7, 11) is 0. The van der Waals surface area contributed by atoms with Gasteiger partial charge < -0.3 is 14.6 Å². The lowest BCUT2D eigenvalue weighted by Gasteiger charge is -2.22. The largest absolute Gasteiger partial charge is 0.381 e. The number of amides is 2. The highest BCUT2D eigenvalue weighted by atomic mass is 35.5. The molecule has 1 aromatic carbocycles. The van der Waals surface area contributed by atoms with Crippen molar-refractivity contribution in [3.63, 3.8) is 0 Å². The number of aromatic nitrogens is 4. The lowest BCUT2D eigenvalue weighted by Crippen LogP contribution is -2.40. The molecule has 30 heavy (non-hydrogen) atoms. The van der Waals surface area contributed by atoms with Crippen molar-refractivity contribution >= 4 is 23.4 Å². The van der Waals surface area contributed by atoms with Gasteiger partial charge in [0, 0.05) is 49.0 Å². The summed E-state index contributed by atoms with van der Waals surface area (Å²) in [5.41, 5.74) is 6.12. The van der Waals surface area contributed by atoms with E-state index in [1.54, 1.807) is 12.1 Å². The number of carbonyl (C=O) groups is 1. The molecule has 11 heteroatoms. The Balaban J connectivity index is 1.19. The number of nitrogens with zero attached hydrogens (tertiary/aromatic N) is 4. The Morgan fingerprint density at radius 1 is 1.27 bits per heavy atom. The molecule has 0 bridgehead atoms. The summed E-state index contributed by atoms with van der Waals surface area (Å²) in [5.74, 6) is 1.45. The fourth-order valence-corrected chi connectivity index (χ4v) is 3.30. The van der Waals surface area contributed by atoms with E-state index in [1.807, 2.05) is 29.1 Å². The van der Waals surface area contributed by atoms with Crippen LogP contribution in [-0.2, 0) is 11.2 Å². The monoisotopic (exact) mass is 431 g/mol.